The average molecular weight is 258 g/mol. The Morgan fingerprint density at radius 1 is 1.22 bits per heavy atom. The van der Waals surface area contributed by atoms with Crippen molar-refractivity contribution in [2.24, 2.45) is 0 Å². The van der Waals surface area contributed by atoms with Gasteiger partial charge in [0.1, 0.15) is 11.2 Å². The zero-order valence-electron chi connectivity index (χ0n) is 9.39. The molecule has 0 bridgehead atoms. The summed E-state index contributed by atoms with van der Waals surface area (Å²) in [6.45, 7) is 0.585. The van der Waals surface area contributed by atoms with Crippen LogP contribution in [0.4, 0.5) is 5.13 Å². The topological polar surface area (TPSA) is 68.5 Å². The molecule has 2 aromatic heterocycles. The molecule has 0 aliphatic carbocycles. The lowest BCUT2D eigenvalue weighted by atomic mass is 10.3. The summed E-state index contributed by atoms with van der Waals surface area (Å²) in [5.41, 5.74) is 3.48. The van der Waals surface area contributed by atoms with Gasteiger partial charge in [-0.2, -0.15) is 15.0 Å². The maximum absolute atomic E-state index is 4.38. The lowest BCUT2D eigenvalue weighted by molar-refractivity contribution is 0.740. The van der Waals surface area contributed by atoms with Gasteiger partial charge in [-0.25, -0.2) is 0 Å². The second-order valence-corrected chi connectivity index (χ2v) is 4.39. The lowest BCUT2D eigenvalue weighted by Crippen LogP contribution is -2.02. The van der Waals surface area contributed by atoms with Crippen LogP contribution < -0.4 is 5.32 Å². The zero-order chi connectivity index (χ0) is 12.2. The molecule has 1 aromatic carbocycles. The molecule has 2 heterocycles. The minimum Gasteiger partial charge on any atom is -0.354 e. The fourth-order valence-electron chi connectivity index (χ4n) is 1.48. The van der Waals surface area contributed by atoms with Crippen molar-refractivity contribution >= 4 is 16.5 Å². The summed E-state index contributed by atoms with van der Waals surface area (Å²) in [5, 5.41) is 20.2. The molecule has 90 valence electrons. The Labute approximate surface area is 107 Å². The highest BCUT2D eigenvalue weighted by Crippen LogP contribution is 2.10. The molecule has 0 spiro atoms. The van der Waals surface area contributed by atoms with E-state index in [2.05, 4.69) is 25.7 Å². The van der Waals surface area contributed by atoms with Crippen LogP contribution in [0, 0.1) is 0 Å². The molecule has 1 N–H and O–H groups in total. The third kappa shape index (κ3) is 2.35. The molecule has 18 heavy (non-hydrogen) atoms. The summed E-state index contributed by atoms with van der Waals surface area (Å²) < 4.78 is 0. The van der Waals surface area contributed by atoms with Crippen LogP contribution in [-0.2, 0) is 6.54 Å². The van der Waals surface area contributed by atoms with Gasteiger partial charge in [-0.05, 0) is 12.1 Å². The third-order valence-corrected chi connectivity index (χ3v) is 2.96. The Morgan fingerprint density at radius 3 is 2.89 bits per heavy atom. The standard InChI is InChI=1S/C11H10N6S/c1-2-4-10(5-3-1)17-14-7-9(16-17)6-12-11-15-13-8-18-11/h1-5,7-8H,6H2,(H,12,15). The van der Waals surface area contributed by atoms with Crippen LogP contribution in [0.2, 0.25) is 0 Å². The second-order valence-electron chi connectivity index (χ2n) is 3.56. The molecule has 0 fully saturated rings. The molecule has 0 unspecified atom stereocenters. The van der Waals surface area contributed by atoms with Crippen molar-refractivity contribution < 1.29 is 0 Å². The fourth-order valence-corrected chi connectivity index (χ4v) is 1.92. The highest BCUT2D eigenvalue weighted by atomic mass is 32.1. The second kappa shape index (κ2) is 4.92. The van der Waals surface area contributed by atoms with E-state index in [0.29, 0.717) is 6.54 Å². The van der Waals surface area contributed by atoms with Crippen molar-refractivity contribution in [3.8, 4) is 5.69 Å². The zero-order valence-corrected chi connectivity index (χ0v) is 10.2. The van der Waals surface area contributed by atoms with E-state index >= 15 is 0 Å². The van der Waals surface area contributed by atoms with Crippen molar-refractivity contribution in [1.29, 1.82) is 0 Å². The molecular weight excluding hydrogens is 248 g/mol. The molecule has 6 nitrogen and oxygen atoms in total. The molecule has 3 rings (SSSR count). The third-order valence-electron chi connectivity index (χ3n) is 2.31. The van der Waals surface area contributed by atoms with Crippen molar-refractivity contribution in [3.05, 3.63) is 47.7 Å². The van der Waals surface area contributed by atoms with Crippen LogP contribution in [0.5, 0.6) is 0 Å². The molecule has 0 aliphatic rings. The lowest BCUT2D eigenvalue weighted by Gasteiger charge is -1.98. The van der Waals surface area contributed by atoms with Crippen LogP contribution in [0.25, 0.3) is 5.69 Å². The van der Waals surface area contributed by atoms with Gasteiger partial charge in [0.15, 0.2) is 0 Å². The number of nitrogens with one attached hydrogen (secondary N) is 1. The van der Waals surface area contributed by atoms with E-state index in [0.717, 1.165) is 16.5 Å². The minimum absolute atomic E-state index is 0.585. The highest BCUT2D eigenvalue weighted by Gasteiger charge is 2.03. The van der Waals surface area contributed by atoms with Crippen molar-refractivity contribution in [1.82, 2.24) is 25.2 Å². The van der Waals surface area contributed by atoms with Gasteiger partial charge in [0.2, 0.25) is 5.13 Å². The van der Waals surface area contributed by atoms with E-state index in [1.807, 2.05) is 30.3 Å². The fraction of sp³-hybridized carbons (Fsp3) is 0.0909. The Kier molecular flexibility index (Phi) is 2.97. The van der Waals surface area contributed by atoms with Crippen LogP contribution in [0.1, 0.15) is 5.69 Å². The average Bonchev–Trinajstić information content (AvgIpc) is 3.09. The van der Waals surface area contributed by atoms with Crippen LogP contribution in [0.3, 0.4) is 0 Å². The maximum Gasteiger partial charge on any atom is 0.205 e. The first-order chi connectivity index (χ1) is 8.92. The quantitative estimate of drug-likeness (QED) is 0.772. The molecule has 3 aromatic rings. The monoisotopic (exact) mass is 258 g/mol. The summed E-state index contributed by atoms with van der Waals surface area (Å²) in [6.07, 6.45) is 1.74. The summed E-state index contributed by atoms with van der Waals surface area (Å²) in [6, 6.07) is 9.80. The predicted octanol–water partition coefficient (Wildman–Crippen LogP) is 1.73. The SMILES string of the molecule is c1ccc(-n2ncc(CNc3nncs3)n2)cc1. The molecule has 0 amide bonds. The predicted molar refractivity (Wildman–Crippen MR) is 68.6 cm³/mol. The molecular formula is C11H10N6S. The molecule has 0 radical (unpaired) electrons. The maximum atomic E-state index is 4.38. The molecule has 7 heteroatoms. The van der Waals surface area contributed by atoms with Crippen molar-refractivity contribution in [2.45, 2.75) is 6.54 Å². The van der Waals surface area contributed by atoms with Crippen molar-refractivity contribution in [3.63, 3.8) is 0 Å². The van der Waals surface area contributed by atoms with Gasteiger partial charge in [-0.3, -0.25) is 0 Å². The molecule has 0 atom stereocenters. The number of anilines is 1. The minimum atomic E-state index is 0.585. The number of nitrogens with zero attached hydrogens (tertiary/aromatic N) is 5. The van der Waals surface area contributed by atoms with E-state index in [4.69, 9.17) is 0 Å². The van der Waals surface area contributed by atoms with E-state index in [-0.39, 0.29) is 0 Å². The molecule has 0 saturated carbocycles. The van der Waals surface area contributed by atoms with Gasteiger partial charge in [0.25, 0.3) is 0 Å². The molecule has 0 aliphatic heterocycles. The number of rotatable bonds is 4. The summed E-state index contributed by atoms with van der Waals surface area (Å²) in [7, 11) is 0. The van der Waals surface area contributed by atoms with E-state index in [1.54, 1.807) is 16.5 Å². The number of hydrogen-bond acceptors (Lipinski definition) is 6. The van der Waals surface area contributed by atoms with Crippen LogP contribution in [-0.4, -0.2) is 25.2 Å². The first kappa shape index (κ1) is 10.8. The number of hydrogen-bond donors (Lipinski definition) is 1. The van der Waals surface area contributed by atoms with Gasteiger partial charge in [-0.1, -0.05) is 29.5 Å². The van der Waals surface area contributed by atoms with E-state index in [9.17, 15) is 0 Å². The smallest absolute Gasteiger partial charge is 0.205 e. The van der Waals surface area contributed by atoms with Crippen LogP contribution in [0.15, 0.2) is 42.0 Å². The highest BCUT2D eigenvalue weighted by molar-refractivity contribution is 7.13. The van der Waals surface area contributed by atoms with Gasteiger partial charge in [-0.15, -0.1) is 10.2 Å². The Morgan fingerprint density at radius 2 is 2.11 bits per heavy atom. The Balaban J connectivity index is 1.70. The summed E-state index contributed by atoms with van der Waals surface area (Å²) >= 11 is 1.46. The number of aromatic nitrogens is 5. The van der Waals surface area contributed by atoms with Crippen molar-refractivity contribution in [2.75, 3.05) is 5.32 Å². The molecule has 0 saturated heterocycles. The van der Waals surface area contributed by atoms with Gasteiger partial charge < -0.3 is 5.32 Å². The summed E-state index contributed by atoms with van der Waals surface area (Å²) in [5.74, 6) is 0. The normalized spacial score (nSPS) is 10.4. The largest absolute Gasteiger partial charge is 0.354 e. The Bertz CT molecular complexity index is 604. The number of para-hydroxylation sites is 1. The van der Waals surface area contributed by atoms with Gasteiger partial charge >= 0.3 is 0 Å². The summed E-state index contributed by atoms with van der Waals surface area (Å²) in [4.78, 5) is 1.61. The Hall–Kier alpha value is -2.28. The first-order valence-corrected chi connectivity index (χ1v) is 6.26. The van der Waals surface area contributed by atoms with Gasteiger partial charge in [0, 0.05) is 0 Å². The van der Waals surface area contributed by atoms with Crippen LogP contribution >= 0.6 is 11.3 Å². The van der Waals surface area contributed by atoms with E-state index < -0.39 is 0 Å². The van der Waals surface area contributed by atoms with Gasteiger partial charge in [0.05, 0.1) is 18.4 Å². The van der Waals surface area contributed by atoms with E-state index in [1.165, 1.54) is 11.3 Å². The number of benzene rings is 1. The first-order valence-electron chi connectivity index (χ1n) is 5.38.